The number of furan rings is 1. The molecule has 1 unspecified atom stereocenters. The van der Waals surface area contributed by atoms with Gasteiger partial charge in [0.05, 0.1) is 6.26 Å². The third kappa shape index (κ3) is 1.27. The first-order valence-electron chi connectivity index (χ1n) is 5.35. The maximum Gasteiger partial charge on any atom is 0.121 e. The second-order valence-corrected chi connectivity index (χ2v) is 4.10. The molecule has 1 aliphatic carbocycles. The van der Waals surface area contributed by atoms with Crippen LogP contribution >= 0.6 is 0 Å². The highest BCUT2D eigenvalue weighted by molar-refractivity contribution is 5.37. The quantitative estimate of drug-likeness (QED) is 0.787. The normalized spacial score (nSPS) is 24.1. The first-order valence-corrected chi connectivity index (χ1v) is 5.35. The van der Waals surface area contributed by atoms with E-state index in [4.69, 9.17) is 4.42 Å². The molecule has 1 aliphatic rings. The van der Waals surface area contributed by atoms with Crippen molar-refractivity contribution in [3.05, 3.63) is 47.9 Å². The van der Waals surface area contributed by atoms with Crippen molar-refractivity contribution in [2.75, 3.05) is 0 Å². The lowest BCUT2D eigenvalue weighted by Crippen LogP contribution is -2.31. The van der Waals surface area contributed by atoms with Crippen LogP contribution in [0.3, 0.4) is 0 Å². The molecule has 0 aliphatic heterocycles. The maximum absolute atomic E-state index is 10.7. The van der Waals surface area contributed by atoms with Crippen molar-refractivity contribution in [2.45, 2.75) is 24.9 Å². The number of aromatic nitrogens is 2. The fourth-order valence-electron chi connectivity index (χ4n) is 2.35. The number of rotatable bonds is 1. The van der Waals surface area contributed by atoms with E-state index in [1.165, 1.54) is 6.33 Å². The van der Waals surface area contributed by atoms with E-state index in [0.29, 0.717) is 6.42 Å². The molecular formula is C12H12N2O2. The van der Waals surface area contributed by atoms with Gasteiger partial charge >= 0.3 is 0 Å². The molecule has 0 amide bonds. The van der Waals surface area contributed by atoms with Crippen LogP contribution in [0.5, 0.6) is 0 Å². The lowest BCUT2D eigenvalue weighted by atomic mass is 9.79. The molecule has 0 bridgehead atoms. The van der Waals surface area contributed by atoms with Crippen LogP contribution in [0.15, 0.2) is 35.5 Å². The van der Waals surface area contributed by atoms with Gasteiger partial charge in [-0.25, -0.2) is 9.97 Å². The lowest BCUT2D eigenvalue weighted by molar-refractivity contribution is 0.0582. The SMILES string of the molecule is OC1(c2cncnc2)CCCc2occc21. The molecule has 2 aromatic rings. The van der Waals surface area contributed by atoms with Gasteiger partial charge in [-0.05, 0) is 18.9 Å². The molecule has 4 heteroatoms. The van der Waals surface area contributed by atoms with E-state index in [-0.39, 0.29) is 0 Å². The minimum atomic E-state index is -0.984. The minimum Gasteiger partial charge on any atom is -0.469 e. The van der Waals surface area contributed by atoms with Gasteiger partial charge in [-0.2, -0.15) is 0 Å². The summed E-state index contributed by atoms with van der Waals surface area (Å²) in [5, 5.41) is 10.7. The summed E-state index contributed by atoms with van der Waals surface area (Å²) in [6.45, 7) is 0. The molecule has 1 N–H and O–H groups in total. The Morgan fingerprint density at radius 1 is 1.31 bits per heavy atom. The number of fused-ring (bicyclic) bond motifs is 1. The molecule has 4 nitrogen and oxygen atoms in total. The Morgan fingerprint density at radius 3 is 2.94 bits per heavy atom. The van der Waals surface area contributed by atoms with Gasteiger partial charge in [0.2, 0.25) is 0 Å². The Bertz CT molecular complexity index is 495. The molecule has 3 rings (SSSR count). The lowest BCUT2D eigenvalue weighted by Gasteiger charge is -2.31. The molecule has 1 atom stereocenters. The van der Waals surface area contributed by atoms with Gasteiger partial charge < -0.3 is 9.52 Å². The summed E-state index contributed by atoms with van der Waals surface area (Å²) >= 11 is 0. The summed E-state index contributed by atoms with van der Waals surface area (Å²) in [6, 6.07) is 1.83. The predicted molar refractivity (Wildman–Crippen MR) is 56.7 cm³/mol. The molecule has 0 fully saturated rings. The van der Waals surface area contributed by atoms with E-state index in [9.17, 15) is 5.11 Å². The fourth-order valence-corrected chi connectivity index (χ4v) is 2.35. The smallest absolute Gasteiger partial charge is 0.121 e. The Morgan fingerprint density at radius 2 is 2.12 bits per heavy atom. The number of nitrogens with zero attached hydrogens (tertiary/aromatic N) is 2. The summed E-state index contributed by atoms with van der Waals surface area (Å²) < 4.78 is 5.37. The standard InChI is InChI=1S/C12H12N2O2/c15-12(9-6-13-8-14-7-9)4-1-2-11-10(12)3-5-16-11/h3,5-8,15H,1-2,4H2. The number of hydrogen-bond acceptors (Lipinski definition) is 4. The zero-order valence-electron chi connectivity index (χ0n) is 8.76. The topological polar surface area (TPSA) is 59.2 Å². The van der Waals surface area contributed by atoms with E-state index in [1.807, 2.05) is 6.07 Å². The Hall–Kier alpha value is -1.68. The third-order valence-corrected chi connectivity index (χ3v) is 3.17. The number of aryl methyl sites for hydroxylation is 1. The van der Waals surface area contributed by atoms with Crippen molar-refractivity contribution < 1.29 is 9.52 Å². The van der Waals surface area contributed by atoms with Crippen LogP contribution in [0.1, 0.15) is 29.7 Å². The highest BCUT2D eigenvalue weighted by atomic mass is 16.3. The maximum atomic E-state index is 10.7. The number of aliphatic hydroxyl groups is 1. The fraction of sp³-hybridized carbons (Fsp3) is 0.333. The van der Waals surface area contributed by atoms with Gasteiger partial charge in [0, 0.05) is 29.9 Å². The Labute approximate surface area is 93.0 Å². The molecule has 0 saturated heterocycles. The summed E-state index contributed by atoms with van der Waals surface area (Å²) in [4.78, 5) is 7.92. The second kappa shape index (κ2) is 3.42. The average molecular weight is 216 g/mol. The van der Waals surface area contributed by atoms with Crippen LogP contribution in [0.4, 0.5) is 0 Å². The largest absolute Gasteiger partial charge is 0.469 e. The molecule has 2 heterocycles. The van der Waals surface area contributed by atoms with E-state index < -0.39 is 5.60 Å². The van der Waals surface area contributed by atoms with Crippen LogP contribution in [-0.4, -0.2) is 15.1 Å². The van der Waals surface area contributed by atoms with Crippen molar-refractivity contribution >= 4 is 0 Å². The molecular weight excluding hydrogens is 204 g/mol. The first-order chi connectivity index (χ1) is 7.81. The molecule has 0 spiro atoms. The van der Waals surface area contributed by atoms with Crippen molar-refractivity contribution in [1.82, 2.24) is 9.97 Å². The van der Waals surface area contributed by atoms with Gasteiger partial charge in [0.25, 0.3) is 0 Å². The zero-order chi connectivity index (χ0) is 11.0. The second-order valence-electron chi connectivity index (χ2n) is 4.10. The van der Waals surface area contributed by atoms with Crippen LogP contribution in [0, 0.1) is 0 Å². The monoisotopic (exact) mass is 216 g/mol. The Kier molecular flexibility index (Phi) is 2.04. The molecule has 82 valence electrons. The van der Waals surface area contributed by atoms with E-state index in [0.717, 1.165) is 29.7 Å². The predicted octanol–water partition coefficient (Wildman–Crippen LogP) is 1.64. The van der Waals surface area contributed by atoms with Crippen LogP contribution < -0.4 is 0 Å². The zero-order valence-corrected chi connectivity index (χ0v) is 8.76. The van der Waals surface area contributed by atoms with Gasteiger partial charge in [-0.1, -0.05) is 0 Å². The van der Waals surface area contributed by atoms with E-state index in [2.05, 4.69) is 9.97 Å². The van der Waals surface area contributed by atoms with Crippen molar-refractivity contribution in [1.29, 1.82) is 0 Å². The molecule has 0 aromatic carbocycles. The summed E-state index contributed by atoms with van der Waals surface area (Å²) in [6.07, 6.45) is 8.90. The molecule has 0 saturated carbocycles. The van der Waals surface area contributed by atoms with Crippen molar-refractivity contribution in [3.63, 3.8) is 0 Å². The van der Waals surface area contributed by atoms with E-state index in [1.54, 1.807) is 18.7 Å². The molecule has 2 aromatic heterocycles. The van der Waals surface area contributed by atoms with Crippen molar-refractivity contribution in [2.24, 2.45) is 0 Å². The van der Waals surface area contributed by atoms with E-state index >= 15 is 0 Å². The third-order valence-electron chi connectivity index (χ3n) is 3.17. The molecule has 16 heavy (non-hydrogen) atoms. The minimum absolute atomic E-state index is 0.687. The summed E-state index contributed by atoms with van der Waals surface area (Å²) in [5.74, 6) is 0.873. The molecule has 0 radical (unpaired) electrons. The van der Waals surface area contributed by atoms with Gasteiger partial charge in [0.1, 0.15) is 17.7 Å². The Balaban J connectivity index is 2.14. The first kappa shape index (κ1) is 9.54. The highest BCUT2D eigenvalue weighted by Crippen LogP contribution is 2.40. The van der Waals surface area contributed by atoms with Crippen LogP contribution in [-0.2, 0) is 12.0 Å². The van der Waals surface area contributed by atoms with Crippen LogP contribution in [0.25, 0.3) is 0 Å². The van der Waals surface area contributed by atoms with Gasteiger partial charge in [-0.15, -0.1) is 0 Å². The highest BCUT2D eigenvalue weighted by Gasteiger charge is 2.38. The van der Waals surface area contributed by atoms with Crippen molar-refractivity contribution in [3.8, 4) is 0 Å². The van der Waals surface area contributed by atoms with Gasteiger partial charge in [0.15, 0.2) is 0 Å². The average Bonchev–Trinajstić information content (AvgIpc) is 2.80. The summed E-state index contributed by atoms with van der Waals surface area (Å²) in [7, 11) is 0. The number of hydrogen-bond donors (Lipinski definition) is 1. The van der Waals surface area contributed by atoms with Gasteiger partial charge in [-0.3, -0.25) is 0 Å². The summed E-state index contributed by atoms with van der Waals surface area (Å²) in [5.41, 5.74) is 0.605. The van der Waals surface area contributed by atoms with Crippen LogP contribution in [0.2, 0.25) is 0 Å².